The van der Waals surface area contributed by atoms with Crippen LogP contribution in [0, 0.1) is 0 Å². The van der Waals surface area contributed by atoms with Crippen molar-refractivity contribution in [2.75, 3.05) is 19.5 Å². The number of ether oxygens (including phenoxy) is 2. The number of hydrogen-bond acceptors (Lipinski definition) is 6. The highest BCUT2D eigenvalue weighted by molar-refractivity contribution is 6.35. The Bertz CT molecular complexity index is 939. The minimum absolute atomic E-state index is 0.0778. The van der Waals surface area contributed by atoms with Gasteiger partial charge in [0.2, 0.25) is 5.89 Å². The summed E-state index contributed by atoms with van der Waals surface area (Å²) in [4.78, 5) is 12.5. The topological polar surface area (TPSA) is 86.5 Å². The van der Waals surface area contributed by atoms with Crippen LogP contribution in [0.3, 0.4) is 0 Å². The van der Waals surface area contributed by atoms with E-state index in [2.05, 4.69) is 15.5 Å². The van der Waals surface area contributed by atoms with E-state index in [9.17, 15) is 4.79 Å². The monoisotopic (exact) mass is 393 g/mol. The fourth-order valence-electron chi connectivity index (χ4n) is 2.22. The number of anilines is 1. The first-order valence-corrected chi connectivity index (χ1v) is 8.09. The van der Waals surface area contributed by atoms with Crippen LogP contribution in [0.2, 0.25) is 10.0 Å². The van der Waals surface area contributed by atoms with Crippen LogP contribution in [0.25, 0.3) is 11.5 Å². The van der Waals surface area contributed by atoms with E-state index >= 15 is 0 Å². The second-order valence-corrected chi connectivity index (χ2v) is 5.96. The second-order valence-electron chi connectivity index (χ2n) is 5.09. The Kier molecular flexibility index (Phi) is 5.29. The van der Waals surface area contributed by atoms with Crippen LogP contribution in [0.4, 0.5) is 6.01 Å². The molecule has 0 radical (unpaired) electrons. The number of carbonyl (C=O) groups excluding carboxylic acids is 1. The zero-order valence-corrected chi connectivity index (χ0v) is 15.3. The average Bonchev–Trinajstić information content (AvgIpc) is 3.08. The molecule has 7 nitrogen and oxygen atoms in total. The maximum absolute atomic E-state index is 12.5. The van der Waals surface area contributed by atoms with Crippen LogP contribution in [-0.4, -0.2) is 30.3 Å². The molecule has 0 spiro atoms. The zero-order chi connectivity index (χ0) is 18.7. The number of carbonyl (C=O) groups is 1. The summed E-state index contributed by atoms with van der Waals surface area (Å²) in [5.41, 5.74) is 0.798. The van der Waals surface area contributed by atoms with E-state index in [1.165, 1.54) is 14.2 Å². The lowest BCUT2D eigenvalue weighted by Gasteiger charge is -2.09. The van der Waals surface area contributed by atoms with Gasteiger partial charge in [-0.1, -0.05) is 28.3 Å². The molecule has 1 amide bonds. The minimum atomic E-state index is -0.486. The van der Waals surface area contributed by atoms with Gasteiger partial charge in [0, 0.05) is 15.6 Å². The lowest BCUT2D eigenvalue weighted by molar-refractivity contribution is 0.102. The van der Waals surface area contributed by atoms with Gasteiger partial charge in [0.1, 0.15) is 11.5 Å². The molecule has 0 bridgehead atoms. The van der Waals surface area contributed by atoms with E-state index in [0.29, 0.717) is 27.1 Å². The van der Waals surface area contributed by atoms with Crippen LogP contribution >= 0.6 is 23.2 Å². The van der Waals surface area contributed by atoms with Gasteiger partial charge in [-0.2, -0.15) is 0 Å². The summed E-state index contributed by atoms with van der Waals surface area (Å²) >= 11 is 11.9. The van der Waals surface area contributed by atoms with Crippen LogP contribution in [0.1, 0.15) is 10.4 Å². The van der Waals surface area contributed by atoms with Gasteiger partial charge in [0.05, 0.1) is 19.8 Å². The molecule has 9 heteroatoms. The molecule has 3 rings (SSSR count). The highest BCUT2D eigenvalue weighted by Gasteiger charge is 2.17. The van der Waals surface area contributed by atoms with E-state index < -0.39 is 5.91 Å². The summed E-state index contributed by atoms with van der Waals surface area (Å²) in [5, 5.41) is 11.1. The van der Waals surface area contributed by atoms with Crippen LogP contribution in [0.15, 0.2) is 40.8 Å². The van der Waals surface area contributed by atoms with Crippen LogP contribution < -0.4 is 14.8 Å². The van der Waals surface area contributed by atoms with E-state index in [1.807, 2.05) is 0 Å². The highest BCUT2D eigenvalue weighted by atomic mass is 35.5. The van der Waals surface area contributed by atoms with Crippen molar-refractivity contribution in [2.45, 2.75) is 0 Å². The average molecular weight is 394 g/mol. The molecule has 26 heavy (non-hydrogen) atoms. The summed E-state index contributed by atoms with van der Waals surface area (Å²) in [6.45, 7) is 0. The Hall–Kier alpha value is -2.77. The molecule has 2 aromatic carbocycles. The van der Waals surface area contributed by atoms with Crippen molar-refractivity contribution in [2.24, 2.45) is 0 Å². The van der Waals surface area contributed by atoms with Crippen molar-refractivity contribution in [1.29, 1.82) is 0 Å². The number of hydrogen-bond donors (Lipinski definition) is 1. The summed E-state index contributed by atoms with van der Waals surface area (Å²) in [6.07, 6.45) is 0. The molecule has 0 atom stereocenters. The zero-order valence-electron chi connectivity index (χ0n) is 13.7. The van der Waals surface area contributed by atoms with Crippen molar-refractivity contribution < 1.29 is 18.7 Å². The van der Waals surface area contributed by atoms with Gasteiger partial charge in [-0.05, 0) is 36.4 Å². The molecule has 0 aliphatic rings. The molecule has 0 aliphatic heterocycles. The van der Waals surface area contributed by atoms with Gasteiger partial charge >= 0.3 is 6.01 Å². The number of amides is 1. The summed E-state index contributed by atoms with van der Waals surface area (Å²) in [6, 6.07) is 9.61. The summed E-state index contributed by atoms with van der Waals surface area (Å²) in [7, 11) is 2.97. The van der Waals surface area contributed by atoms with E-state index in [4.69, 9.17) is 37.1 Å². The molecule has 1 N–H and O–H groups in total. The molecule has 0 fully saturated rings. The largest absolute Gasteiger partial charge is 0.497 e. The highest BCUT2D eigenvalue weighted by Crippen LogP contribution is 2.28. The predicted molar refractivity (Wildman–Crippen MR) is 97.3 cm³/mol. The van der Waals surface area contributed by atoms with Crippen molar-refractivity contribution in [3.8, 4) is 23.0 Å². The molecule has 0 saturated carbocycles. The van der Waals surface area contributed by atoms with Crippen LogP contribution in [0.5, 0.6) is 11.5 Å². The number of methoxy groups -OCH3 is 2. The first kappa shape index (κ1) is 18.0. The Labute approximate surface area is 158 Å². The van der Waals surface area contributed by atoms with Crippen molar-refractivity contribution in [3.63, 3.8) is 0 Å². The number of rotatable bonds is 5. The third-order valence-corrected chi connectivity index (χ3v) is 3.84. The number of benzene rings is 2. The quantitative estimate of drug-likeness (QED) is 0.694. The number of aromatic nitrogens is 2. The van der Waals surface area contributed by atoms with Crippen LogP contribution in [-0.2, 0) is 0 Å². The predicted octanol–water partition coefficient (Wildman–Crippen LogP) is 4.31. The normalized spacial score (nSPS) is 10.5. The van der Waals surface area contributed by atoms with Gasteiger partial charge in [0.15, 0.2) is 0 Å². The Balaban J connectivity index is 1.84. The Morgan fingerprint density at radius 3 is 2.42 bits per heavy atom. The fraction of sp³-hybridized carbons (Fsp3) is 0.118. The smallest absolute Gasteiger partial charge is 0.322 e. The molecule has 3 aromatic rings. The number of nitrogens with zero attached hydrogens (tertiary/aromatic N) is 2. The first-order valence-electron chi connectivity index (χ1n) is 7.33. The van der Waals surface area contributed by atoms with E-state index in [0.717, 1.165) is 0 Å². The Morgan fingerprint density at radius 1 is 1.04 bits per heavy atom. The molecule has 134 valence electrons. The van der Waals surface area contributed by atoms with E-state index in [-0.39, 0.29) is 17.5 Å². The van der Waals surface area contributed by atoms with Crippen molar-refractivity contribution in [3.05, 3.63) is 52.0 Å². The molecule has 1 aromatic heterocycles. The summed E-state index contributed by atoms with van der Waals surface area (Å²) < 4.78 is 15.8. The standard InChI is InChI=1S/C17H13Cl2N3O4/c1-24-12-3-4-14(25-2)13(8-12)15(23)20-17-22-21-16(26-17)9-5-10(18)7-11(19)6-9/h3-8H,1-2H3,(H,20,22,23). The fourth-order valence-corrected chi connectivity index (χ4v) is 2.75. The third-order valence-electron chi connectivity index (χ3n) is 3.41. The minimum Gasteiger partial charge on any atom is -0.497 e. The lowest BCUT2D eigenvalue weighted by atomic mass is 10.1. The van der Waals surface area contributed by atoms with Gasteiger partial charge in [-0.3, -0.25) is 10.1 Å². The molecule has 1 heterocycles. The van der Waals surface area contributed by atoms with Gasteiger partial charge in [-0.15, -0.1) is 5.10 Å². The summed E-state index contributed by atoms with van der Waals surface area (Å²) in [5.74, 6) is 0.572. The molecule has 0 saturated heterocycles. The SMILES string of the molecule is COc1ccc(OC)c(C(=O)Nc2nnc(-c3cc(Cl)cc(Cl)c3)o2)c1. The first-order chi connectivity index (χ1) is 12.5. The maximum Gasteiger partial charge on any atom is 0.322 e. The molecular weight excluding hydrogens is 381 g/mol. The van der Waals surface area contributed by atoms with E-state index in [1.54, 1.807) is 36.4 Å². The lowest BCUT2D eigenvalue weighted by Crippen LogP contribution is -2.13. The molecular formula is C17H13Cl2N3O4. The number of nitrogens with one attached hydrogen (secondary N) is 1. The maximum atomic E-state index is 12.5. The van der Waals surface area contributed by atoms with Gasteiger partial charge in [0.25, 0.3) is 5.91 Å². The molecule has 0 unspecified atom stereocenters. The Morgan fingerprint density at radius 2 is 1.77 bits per heavy atom. The molecule has 0 aliphatic carbocycles. The van der Waals surface area contributed by atoms with Crippen molar-refractivity contribution >= 4 is 35.1 Å². The van der Waals surface area contributed by atoms with Crippen molar-refractivity contribution in [1.82, 2.24) is 10.2 Å². The van der Waals surface area contributed by atoms with Gasteiger partial charge < -0.3 is 13.9 Å². The number of halogens is 2. The second kappa shape index (κ2) is 7.63. The third kappa shape index (κ3) is 3.89. The van der Waals surface area contributed by atoms with Gasteiger partial charge in [-0.25, -0.2) is 0 Å².